The number of ether oxygens (including phenoxy) is 1. The summed E-state index contributed by atoms with van der Waals surface area (Å²) in [6, 6.07) is 12.5. The van der Waals surface area contributed by atoms with Crippen LogP contribution in [0.4, 0.5) is 23.3 Å². The molecule has 37 heavy (non-hydrogen) atoms. The average molecular weight is 536 g/mol. The second-order valence-corrected chi connectivity index (χ2v) is 10.7. The topological polar surface area (TPSA) is 70.6 Å². The lowest BCUT2D eigenvalue weighted by Gasteiger charge is -2.35. The number of carbonyl (C=O) groups excluding carboxylic acids is 1. The Morgan fingerprint density at radius 3 is 2.46 bits per heavy atom. The van der Waals surface area contributed by atoms with Crippen molar-refractivity contribution in [1.29, 1.82) is 0 Å². The highest BCUT2D eigenvalue weighted by Crippen LogP contribution is 2.52. The minimum atomic E-state index is -5.20. The second-order valence-electron chi connectivity index (χ2n) is 9.48. The van der Waals surface area contributed by atoms with Gasteiger partial charge in [0.25, 0.3) is 0 Å². The molecule has 7 nitrogen and oxygen atoms in total. The molecule has 0 spiro atoms. The van der Waals surface area contributed by atoms with Crippen molar-refractivity contribution in [3.63, 3.8) is 0 Å². The van der Waals surface area contributed by atoms with Gasteiger partial charge in [-0.2, -0.15) is 0 Å². The highest BCUT2D eigenvalue weighted by atomic mass is 32.3. The number of nitrogens with zero attached hydrogens (tertiary/aromatic N) is 4. The molecule has 1 aliphatic heterocycles. The minimum absolute atomic E-state index is 0.153. The van der Waals surface area contributed by atoms with Gasteiger partial charge in [0.05, 0.1) is 11.2 Å². The Balaban J connectivity index is 1.33. The van der Waals surface area contributed by atoms with Crippen LogP contribution in [0.3, 0.4) is 0 Å². The summed E-state index contributed by atoms with van der Waals surface area (Å²) in [6.45, 7) is 3.80. The second kappa shape index (κ2) is 11.6. The monoisotopic (exact) mass is 535 g/mol. The van der Waals surface area contributed by atoms with E-state index < -0.39 is 17.1 Å². The lowest BCUT2D eigenvalue weighted by molar-refractivity contribution is -0.116. The average Bonchev–Trinajstić information content (AvgIpc) is 2.86. The Labute approximate surface area is 217 Å². The van der Waals surface area contributed by atoms with Gasteiger partial charge in [-0.3, -0.25) is 4.79 Å². The first-order valence-electron chi connectivity index (χ1n) is 12.2. The van der Waals surface area contributed by atoms with Crippen LogP contribution in [0.25, 0.3) is 10.9 Å². The first-order valence-corrected chi connectivity index (χ1v) is 13.7. The molecule has 0 bridgehead atoms. The number of amides is 1. The maximum absolute atomic E-state index is 12.5. The van der Waals surface area contributed by atoms with E-state index in [1.807, 2.05) is 25.1 Å². The Hall–Kier alpha value is -3.05. The standard InChI is InChI=1S/C26H32F3N5O2S/c1-18-23-16-20(7-10-24(23)32-26(30-18)34-14-12-21(13-15-34)33(2)3)31-25(35)11-6-19-4-8-22(9-5-19)36-17-37(27,28)29/h4-5,7-10,16,21H,6,11-15,17H2,1-3H3,(H,31,35). The molecule has 1 saturated heterocycles. The van der Waals surface area contributed by atoms with E-state index in [1.54, 1.807) is 12.1 Å². The highest BCUT2D eigenvalue weighted by molar-refractivity contribution is 8.20. The van der Waals surface area contributed by atoms with E-state index in [9.17, 15) is 16.5 Å². The van der Waals surface area contributed by atoms with Gasteiger partial charge < -0.3 is 19.9 Å². The number of anilines is 2. The number of benzene rings is 2. The molecule has 2 aromatic carbocycles. The summed E-state index contributed by atoms with van der Waals surface area (Å²) in [4.78, 5) is 26.5. The molecule has 4 rings (SSSR count). The Morgan fingerprint density at radius 1 is 1.11 bits per heavy atom. The molecule has 0 atom stereocenters. The summed E-state index contributed by atoms with van der Waals surface area (Å²) in [5.74, 6) is -0.496. The summed E-state index contributed by atoms with van der Waals surface area (Å²) >= 11 is -5.20. The number of aryl methyl sites for hydroxylation is 2. The summed E-state index contributed by atoms with van der Waals surface area (Å²) in [7, 11) is 4.23. The van der Waals surface area contributed by atoms with Crippen molar-refractivity contribution in [3.8, 4) is 5.75 Å². The Bertz CT molecular complexity index is 1230. The van der Waals surface area contributed by atoms with E-state index in [1.165, 1.54) is 12.1 Å². The van der Waals surface area contributed by atoms with Crippen LogP contribution in [0.1, 0.15) is 30.5 Å². The number of rotatable bonds is 9. The van der Waals surface area contributed by atoms with Crippen molar-refractivity contribution in [1.82, 2.24) is 14.9 Å². The fourth-order valence-corrected chi connectivity index (χ4v) is 4.71. The van der Waals surface area contributed by atoms with Crippen molar-refractivity contribution < 1.29 is 21.2 Å². The lowest BCUT2D eigenvalue weighted by Crippen LogP contribution is -2.42. The number of carbonyl (C=O) groups is 1. The zero-order chi connectivity index (χ0) is 26.6. The molecule has 200 valence electrons. The van der Waals surface area contributed by atoms with Crippen molar-refractivity contribution in [2.45, 2.75) is 38.6 Å². The SMILES string of the molecule is Cc1nc(N2CCC(N(C)C)CC2)nc2ccc(NC(=O)CCc3ccc(OCS(F)(F)F)cc3)cc12. The van der Waals surface area contributed by atoms with Crippen LogP contribution in [0.15, 0.2) is 42.5 Å². The van der Waals surface area contributed by atoms with E-state index in [0.717, 1.165) is 54.0 Å². The molecular weight excluding hydrogens is 503 g/mol. The molecule has 0 unspecified atom stereocenters. The zero-order valence-corrected chi connectivity index (χ0v) is 22.0. The molecule has 1 N–H and O–H groups in total. The van der Waals surface area contributed by atoms with Crippen molar-refractivity contribution in [3.05, 3.63) is 53.7 Å². The van der Waals surface area contributed by atoms with Gasteiger partial charge in [0.1, 0.15) is 5.75 Å². The van der Waals surface area contributed by atoms with Crippen LogP contribution in [0.2, 0.25) is 0 Å². The van der Waals surface area contributed by atoms with Crippen LogP contribution in [-0.4, -0.2) is 59.9 Å². The molecular formula is C26H32F3N5O2S. The van der Waals surface area contributed by atoms with Gasteiger partial charge in [0.15, 0.2) is 5.94 Å². The molecule has 3 aromatic rings. The molecule has 1 aromatic heterocycles. The van der Waals surface area contributed by atoms with Gasteiger partial charge in [-0.05, 0) is 76.2 Å². The maximum atomic E-state index is 12.5. The summed E-state index contributed by atoms with van der Waals surface area (Å²) < 4.78 is 41.8. The number of hydrogen-bond acceptors (Lipinski definition) is 6. The summed E-state index contributed by atoms with van der Waals surface area (Å²) in [5, 5.41) is 3.81. The predicted molar refractivity (Wildman–Crippen MR) is 143 cm³/mol. The van der Waals surface area contributed by atoms with Gasteiger partial charge in [-0.25, -0.2) is 9.97 Å². The van der Waals surface area contributed by atoms with E-state index in [-0.39, 0.29) is 18.1 Å². The molecule has 0 saturated carbocycles. The van der Waals surface area contributed by atoms with Gasteiger partial charge in [-0.15, -0.1) is 11.7 Å². The lowest BCUT2D eigenvalue weighted by atomic mass is 10.0. The Kier molecular flexibility index (Phi) is 8.43. The van der Waals surface area contributed by atoms with Crippen molar-refractivity contribution in [2.75, 3.05) is 43.3 Å². The number of aromatic nitrogens is 2. The summed E-state index contributed by atoms with van der Waals surface area (Å²) in [5.41, 5.74) is 3.21. The van der Waals surface area contributed by atoms with E-state index >= 15 is 0 Å². The maximum Gasteiger partial charge on any atom is 0.244 e. The van der Waals surface area contributed by atoms with Crippen LogP contribution in [0.5, 0.6) is 5.75 Å². The van der Waals surface area contributed by atoms with E-state index in [2.05, 4.69) is 29.2 Å². The van der Waals surface area contributed by atoms with Crippen LogP contribution >= 0.6 is 11.2 Å². The molecule has 2 heterocycles. The molecule has 1 aliphatic rings. The molecule has 11 heteroatoms. The molecule has 1 fully saturated rings. The van der Waals surface area contributed by atoms with Gasteiger partial charge in [0.2, 0.25) is 23.0 Å². The predicted octanol–water partition coefficient (Wildman–Crippen LogP) is 5.83. The van der Waals surface area contributed by atoms with Gasteiger partial charge >= 0.3 is 0 Å². The Morgan fingerprint density at radius 2 is 1.81 bits per heavy atom. The third kappa shape index (κ3) is 7.48. The molecule has 0 aliphatic carbocycles. The smallest absolute Gasteiger partial charge is 0.244 e. The quantitative estimate of drug-likeness (QED) is 0.372. The third-order valence-electron chi connectivity index (χ3n) is 6.56. The van der Waals surface area contributed by atoms with E-state index in [4.69, 9.17) is 14.7 Å². The summed E-state index contributed by atoms with van der Waals surface area (Å²) in [6.07, 6.45) is 2.85. The highest BCUT2D eigenvalue weighted by Gasteiger charge is 2.23. The van der Waals surface area contributed by atoms with E-state index in [0.29, 0.717) is 18.2 Å². The number of halogens is 3. The first kappa shape index (κ1) is 27.0. The van der Waals surface area contributed by atoms with Gasteiger partial charge in [0, 0.05) is 36.6 Å². The molecule has 0 radical (unpaired) electrons. The van der Waals surface area contributed by atoms with Crippen LogP contribution < -0.4 is 15.0 Å². The van der Waals surface area contributed by atoms with Crippen molar-refractivity contribution in [2.24, 2.45) is 0 Å². The largest absolute Gasteiger partial charge is 0.477 e. The number of hydrogen-bond donors (Lipinski definition) is 1. The fraction of sp³-hybridized carbons (Fsp3) is 0.423. The van der Waals surface area contributed by atoms with Crippen molar-refractivity contribution >= 4 is 39.6 Å². The fourth-order valence-electron chi connectivity index (χ4n) is 4.44. The normalized spacial score (nSPS) is 15.3. The van der Waals surface area contributed by atoms with Crippen LogP contribution in [-0.2, 0) is 11.2 Å². The zero-order valence-electron chi connectivity index (χ0n) is 21.2. The minimum Gasteiger partial charge on any atom is -0.477 e. The molecule has 1 amide bonds. The first-order chi connectivity index (χ1) is 17.6. The number of piperidine rings is 1. The van der Waals surface area contributed by atoms with Gasteiger partial charge in [-0.1, -0.05) is 12.1 Å². The third-order valence-corrected chi connectivity index (χ3v) is 6.94. The van der Waals surface area contributed by atoms with Crippen LogP contribution in [0, 0.1) is 6.92 Å². The number of fused-ring (bicyclic) bond motifs is 1. The number of nitrogens with one attached hydrogen (secondary N) is 1.